The fourth-order valence-electron chi connectivity index (χ4n) is 5.20. The Morgan fingerprint density at radius 3 is 2.48 bits per heavy atom. The van der Waals surface area contributed by atoms with Crippen LogP contribution in [0.4, 0.5) is 0 Å². The molecular formula is C28H32N3+. The minimum atomic E-state index is 0.605. The van der Waals surface area contributed by atoms with E-state index in [-0.39, 0.29) is 0 Å². The summed E-state index contributed by atoms with van der Waals surface area (Å²) in [6, 6.07) is 15.9. The van der Waals surface area contributed by atoms with Gasteiger partial charge >= 0.3 is 0 Å². The van der Waals surface area contributed by atoms with Crippen molar-refractivity contribution in [1.29, 1.82) is 0 Å². The minimum absolute atomic E-state index is 0.605. The molecule has 5 aromatic rings. The van der Waals surface area contributed by atoms with E-state index in [1.807, 2.05) is 6.20 Å². The number of hydrogen-bond acceptors (Lipinski definition) is 1. The van der Waals surface area contributed by atoms with Crippen LogP contribution in [0, 0.1) is 18.8 Å². The maximum absolute atomic E-state index is 4.87. The third-order valence-corrected chi connectivity index (χ3v) is 6.43. The molecular weight excluding hydrogens is 378 g/mol. The van der Waals surface area contributed by atoms with E-state index >= 15 is 0 Å². The van der Waals surface area contributed by atoms with Crippen molar-refractivity contribution >= 4 is 38.5 Å². The molecule has 3 aromatic heterocycles. The number of aromatic nitrogens is 3. The molecule has 0 saturated heterocycles. The van der Waals surface area contributed by atoms with Crippen LogP contribution in [0.15, 0.2) is 48.7 Å². The summed E-state index contributed by atoms with van der Waals surface area (Å²) < 4.78 is 4.88. The van der Waals surface area contributed by atoms with Crippen molar-refractivity contribution in [3.05, 3.63) is 65.4 Å². The van der Waals surface area contributed by atoms with E-state index in [4.69, 9.17) is 4.98 Å². The summed E-state index contributed by atoms with van der Waals surface area (Å²) >= 11 is 0. The maximum atomic E-state index is 4.87. The van der Waals surface area contributed by atoms with E-state index in [9.17, 15) is 0 Å². The summed E-state index contributed by atoms with van der Waals surface area (Å²) in [7, 11) is 2.20. The lowest BCUT2D eigenvalue weighted by atomic mass is 9.99. The maximum Gasteiger partial charge on any atom is 0.297 e. The van der Waals surface area contributed by atoms with Gasteiger partial charge < -0.3 is 0 Å². The van der Waals surface area contributed by atoms with Crippen molar-refractivity contribution in [2.75, 3.05) is 0 Å². The van der Waals surface area contributed by atoms with Crippen LogP contribution in [0.5, 0.6) is 0 Å². The van der Waals surface area contributed by atoms with Gasteiger partial charge in [0, 0.05) is 17.1 Å². The summed E-state index contributed by atoms with van der Waals surface area (Å²) in [5.74, 6) is 1.23. The Morgan fingerprint density at radius 2 is 1.74 bits per heavy atom. The number of rotatable bonds is 4. The first-order chi connectivity index (χ1) is 14.9. The molecule has 0 saturated carbocycles. The van der Waals surface area contributed by atoms with E-state index in [1.165, 1.54) is 49.7 Å². The molecule has 3 heterocycles. The second-order valence-corrected chi connectivity index (χ2v) is 9.90. The zero-order valence-electron chi connectivity index (χ0n) is 19.5. The molecule has 0 aliphatic heterocycles. The lowest BCUT2D eigenvalue weighted by Gasteiger charge is -2.10. The Kier molecular flexibility index (Phi) is 4.73. The van der Waals surface area contributed by atoms with E-state index in [0.717, 1.165) is 18.4 Å². The number of fused-ring (bicyclic) bond motifs is 8. The van der Waals surface area contributed by atoms with Crippen LogP contribution in [-0.4, -0.2) is 9.38 Å². The standard InChI is InChI=1S/C28H32N3/c1-17(2)14-20-10-11-22-24(16-20)31-27-21(15-18(3)4)8-7-9-23(27)30(6)28(31)25-19(5)12-13-29-26(22)25/h7-13,16-18H,14-15H2,1-6H3/q+1. The van der Waals surface area contributed by atoms with Gasteiger partial charge in [-0.2, -0.15) is 4.40 Å². The first kappa shape index (κ1) is 20.0. The van der Waals surface area contributed by atoms with Crippen LogP contribution >= 0.6 is 0 Å². The summed E-state index contributed by atoms with van der Waals surface area (Å²) in [5, 5.41) is 2.48. The molecule has 5 rings (SSSR count). The van der Waals surface area contributed by atoms with Gasteiger partial charge in [-0.05, 0) is 67.0 Å². The lowest BCUT2D eigenvalue weighted by molar-refractivity contribution is -0.617. The minimum Gasteiger partial charge on any atom is -0.255 e. The molecule has 0 amide bonds. The van der Waals surface area contributed by atoms with Gasteiger partial charge in [0.05, 0.1) is 18.0 Å². The Labute approximate surface area is 184 Å². The van der Waals surface area contributed by atoms with Crippen molar-refractivity contribution in [2.45, 2.75) is 47.5 Å². The van der Waals surface area contributed by atoms with Gasteiger partial charge in [-0.3, -0.25) is 4.98 Å². The van der Waals surface area contributed by atoms with E-state index in [0.29, 0.717) is 11.8 Å². The van der Waals surface area contributed by atoms with E-state index in [1.54, 1.807) is 0 Å². The SMILES string of the molecule is Cc1ccnc2c3ccc(CC(C)C)cc3n3c4c(CC(C)C)cccc4[n+](C)c3c12. The second-order valence-electron chi connectivity index (χ2n) is 9.90. The van der Waals surface area contributed by atoms with Gasteiger partial charge in [0.2, 0.25) is 0 Å². The summed E-state index contributed by atoms with van der Waals surface area (Å²) in [4.78, 5) is 4.87. The summed E-state index contributed by atoms with van der Waals surface area (Å²) in [5.41, 5.74) is 10.3. The predicted octanol–water partition coefficient (Wildman–Crippen LogP) is 6.32. The number of benzene rings is 2. The first-order valence-corrected chi connectivity index (χ1v) is 11.5. The van der Waals surface area contributed by atoms with Gasteiger partial charge in [-0.15, -0.1) is 0 Å². The number of pyridine rings is 2. The van der Waals surface area contributed by atoms with E-state index < -0.39 is 0 Å². The number of para-hydroxylation sites is 1. The normalized spacial score (nSPS) is 12.4. The van der Waals surface area contributed by atoms with Crippen LogP contribution in [-0.2, 0) is 19.9 Å². The molecule has 0 fully saturated rings. The largest absolute Gasteiger partial charge is 0.297 e. The highest BCUT2D eigenvalue weighted by atomic mass is 15.1. The molecule has 0 aliphatic rings. The molecule has 0 radical (unpaired) electrons. The van der Waals surface area contributed by atoms with E-state index in [2.05, 4.69) is 93.1 Å². The van der Waals surface area contributed by atoms with Crippen molar-refractivity contribution < 1.29 is 4.57 Å². The van der Waals surface area contributed by atoms with Crippen LogP contribution in [0.25, 0.3) is 38.5 Å². The molecule has 2 aromatic carbocycles. The molecule has 0 bridgehead atoms. The average molecular weight is 411 g/mol. The van der Waals surface area contributed by atoms with Gasteiger partial charge in [-0.25, -0.2) is 4.57 Å². The molecule has 158 valence electrons. The second kappa shape index (κ2) is 7.33. The zero-order chi connectivity index (χ0) is 21.9. The summed E-state index contributed by atoms with van der Waals surface area (Å²) in [6.07, 6.45) is 4.10. The molecule has 3 heteroatoms. The number of imidazole rings is 1. The van der Waals surface area contributed by atoms with Gasteiger partial charge in [0.15, 0.2) is 11.0 Å². The number of aryl methyl sites for hydroxylation is 2. The Balaban J connectivity index is 2.07. The van der Waals surface area contributed by atoms with Crippen LogP contribution in [0.3, 0.4) is 0 Å². The highest BCUT2D eigenvalue weighted by molar-refractivity contribution is 6.12. The predicted molar refractivity (Wildman–Crippen MR) is 131 cm³/mol. The van der Waals surface area contributed by atoms with Crippen LogP contribution < -0.4 is 4.57 Å². The van der Waals surface area contributed by atoms with Crippen LogP contribution in [0.1, 0.15) is 44.4 Å². The lowest BCUT2D eigenvalue weighted by Crippen LogP contribution is -2.27. The molecule has 31 heavy (non-hydrogen) atoms. The molecule has 0 atom stereocenters. The highest BCUT2D eigenvalue weighted by Crippen LogP contribution is 2.34. The average Bonchev–Trinajstić information content (AvgIpc) is 3.01. The third-order valence-electron chi connectivity index (χ3n) is 6.43. The van der Waals surface area contributed by atoms with Crippen molar-refractivity contribution in [1.82, 2.24) is 9.38 Å². The van der Waals surface area contributed by atoms with Crippen molar-refractivity contribution in [2.24, 2.45) is 18.9 Å². The molecule has 0 N–H and O–H groups in total. The zero-order valence-corrected chi connectivity index (χ0v) is 19.5. The monoisotopic (exact) mass is 410 g/mol. The third kappa shape index (κ3) is 3.10. The van der Waals surface area contributed by atoms with Crippen molar-refractivity contribution in [3.63, 3.8) is 0 Å². The Morgan fingerprint density at radius 1 is 0.968 bits per heavy atom. The fraction of sp³-hybridized carbons (Fsp3) is 0.357. The van der Waals surface area contributed by atoms with Gasteiger partial charge in [-0.1, -0.05) is 45.9 Å². The fourth-order valence-corrected chi connectivity index (χ4v) is 5.20. The first-order valence-electron chi connectivity index (χ1n) is 11.5. The number of hydrogen-bond donors (Lipinski definition) is 0. The quantitative estimate of drug-likeness (QED) is 0.251. The van der Waals surface area contributed by atoms with Crippen LogP contribution in [0.2, 0.25) is 0 Å². The topological polar surface area (TPSA) is 21.2 Å². The molecule has 0 aliphatic carbocycles. The Hall–Kier alpha value is -2.94. The molecule has 3 nitrogen and oxygen atoms in total. The molecule has 0 spiro atoms. The van der Waals surface area contributed by atoms with Gasteiger partial charge in [0.1, 0.15) is 5.52 Å². The van der Waals surface area contributed by atoms with Gasteiger partial charge in [0.25, 0.3) is 5.65 Å². The van der Waals surface area contributed by atoms with Crippen molar-refractivity contribution in [3.8, 4) is 0 Å². The molecule has 0 unspecified atom stereocenters. The number of nitrogens with zero attached hydrogens (tertiary/aromatic N) is 3. The Bertz CT molecular complexity index is 1450. The smallest absolute Gasteiger partial charge is 0.255 e. The highest BCUT2D eigenvalue weighted by Gasteiger charge is 2.26. The summed E-state index contributed by atoms with van der Waals surface area (Å²) in [6.45, 7) is 11.4.